The van der Waals surface area contributed by atoms with Crippen molar-refractivity contribution in [3.8, 4) is 5.75 Å². The predicted molar refractivity (Wildman–Crippen MR) is 61.4 cm³/mol. The molecule has 1 aromatic rings. The molecule has 2 rings (SSSR count). The van der Waals surface area contributed by atoms with Crippen LogP contribution in [0.15, 0.2) is 22.7 Å². The van der Waals surface area contributed by atoms with Crippen molar-refractivity contribution in [2.45, 2.75) is 19.3 Å². The van der Waals surface area contributed by atoms with Crippen molar-refractivity contribution >= 4 is 21.6 Å². The summed E-state index contributed by atoms with van der Waals surface area (Å²) >= 11 is 3.39. The zero-order valence-electron chi connectivity index (χ0n) is 8.00. The molecule has 0 aromatic heterocycles. The summed E-state index contributed by atoms with van der Waals surface area (Å²) in [6.07, 6.45) is 3.90. The van der Waals surface area contributed by atoms with Gasteiger partial charge >= 0.3 is 0 Å². The summed E-state index contributed by atoms with van der Waals surface area (Å²) in [6.45, 7) is 0.783. The highest BCUT2D eigenvalue weighted by atomic mass is 79.9. The predicted octanol–water partition coefficient (Wildman–Crippen LogP) is 3.21. The van der Waals surface area contributed by atoms with Crippen molar-refractivity contribution in [2.24, 2.45) is 5.92 Å². The Labute approximate surface area is 92.6 Å². The average molecular weight is 256 g/mol. The second-order valence-electron chi connectivity index (χ2n) is 3.76. The van der Waals surface area contributed by atoms with Crippen LogP contribution in [0.5, 0.6) is 5.75 Å². The van der Waals surface area contributed by atoms with Crippen molar-refractivity contribution in [1.29, 1.82) is 0 Å². The first-order valence-corrected chi connectivity index (χ1v) is 5.73. The van der Waals surface area contributed by atoms with Gasteiger partial charge in [-0.3, -0.25) is 0 Å². The lowest BCUT2D eigenvalue weighted by Gasteiger charge is -2.08. The fourth-order valence-electron chi connectivity index (χ4n) is 1.38. The van der Waals surface area contributed by atoms with Crippen LogP contribution in [-0.2, 0) is 0 Å². The topological polar surface area (TPSA) is 35.2 Å². The van der Waals surface area contributed by atoms with Crippen molar-refractivity contribution in [3.63, 3.8) is 0 Å². The van der Waals surface area contributed by atoms with Gasteiger partial charge in [0.2, 0.25) is 0 Å². The van der Waals surface area contributed by atoms with Crippen LogP contribution >= 0.6 is 15.9 Å². The maximum atomic E-state index is 5.78. The lowest BCUT2D eigenvalue weighted by molar-refractivity contribution is 0.304. The van der Waals surface area contributed by atoms with Gasteiger partial charge in [0.25, 0.3) is 0 Å². The molecule has 14 heavy (non-hydrogen) atoms. The van der Waals surface area contributed by atoms with E-state index in [1.807, 2.05) is 18.2 Å². The molecule has 0 spiro atoms. The zero-order valence-corrected chi connectivity index (χ0v) is 9.59. The van der Waals surface area contributed by atoms with Crippen LogP contribution in [0.4, 0.5) is 5.69 Å². The van der Waals surface area contributed by atoms with E-state index in [4.69, 9.17) is 10.5 Å². The molecule has 3 heteroatoms. The molecular weight excluding hydrogens is 242 g/mol. The first-order chi connectivity index (χ1) is 6.75. The maximum absolute atomic E-state index is 5.78. The Morgan fingerprint density at radius 3 is 2.93 bits per heavy atom. The summed E-state index contributed by atoms with van der Waals surface area (Å²) in [5.41, 5.74) is 6.49. The van der Waals surface area contributed by atoms with Crippen molar-refractivity contribution in [3.05, 3.63) is 22.7 Å². The zero-order chi connectivity index (χ0) is 9.97. The molecule has 0 unspecified atom stereocenters. The molecule has 0 saturated heterocycles. The van der Waals surface area contributed by atoms with Gasteiger partial charge in [-0.25, -0.2) is 0 Å². The van der Waals surface area contributed by atoms with Gasteiger partial charge in [-0.2, -0.15) is 0 Å². The number of hydrogen-bond donors (Lipinski definition) is 1. The second kappa shape index (κ2) is 4.22. The minimum Gasteiger partial charge on any atom is -0.491 e. The van der Waals surface area contributed by atoms with Crippen LogP contribution in [0, 0.1) is 5.92 Å². The highest BCUT2D eigenvalue weighted by Gasteiger charge is 2.20. The largest absolute Gasteiger partial charge is 0.491 e. The van der Waals surface area contributed by atoms with Crippen LogP contribution in [-0.4, -0.2) is 6.61 Å². The van der Waals surface area contributed by atoms with Crippen molar-refractivity contribution in [2.75, 3.05) is 12.3 Å². The molecule has 1 fully saturated rings. The van der Waals surface area contributed by atoms with Crippen molar-refractivity contribution < 1.29 is 4.74 Å². The number of halogens is 1. The van der Waals surface area contributed by atoms with E-state index < -0.39 is 0 Å². The Morgan fingerprint density at radius 1 is 1.43 bits per heavy atom. The fraction of sp³-hybridized carbons (Fsp3) is 0.455. The van der Waals surface area contributed by atoms with Gasteiger partial charge < -0.3 is 10.5 Å². The lowest BCUT2D eigenvalue weighted by atomic mass is 10.3. The molecule has 2 nitrogen and oxygen atoms in total. The third-order valence-electron chi connectivity index (χ3n) is 2.46. The molecule has 0 heterocycles. The SMILES string of the molecule is Nc1ccc(Br)cc1OCCC1CC1. The average Bonchev–Trinajstić information content (AvgIpc) is 2.95. The summed E-state index contributed by atoms with van der Waals surface area (Å²) < 4.78 is 6.62. The number of anilines is 1. The molecule has 0 amide bonds. The Kier molecular flexibility index (Phi) is 2.96. The van der Waals surface area contributed by atoms with Crippen LogP contribution in [0.1, 0.15) is 19.3 Å². The van der Waals surface area contributed by atoms with Gasteiger partial charge in [-0.1, -0.05) is 28.8 Å². The quantitative estimate of drug-likeness (QED) is 0.839. The van der Waals surface area contributed by atoms with E-state index in [-0.39, 0.29) is 0 Å². The molecule has 2 N–H and O–H groups in total. The Bertz CT molecular complexity index is 323. The van der Waals surface area contributed by atoms with E-state index in [0.717, 1.165) is 29.2 Å². The second-order valence-corrected chi connectivity index (χ2v) is 4.68. The van der Waals surface area contributed by atoms with E-state index in [9.17, 15) is 0 Å². The molecular formula is C11H14BrNO. The third-order valence-corrected chi connectivity index (χ3v) is 2.95. The van der Waals surface area contributed by atoms with E-state index in [0.29, 0.717) is 5.69 Å². The normalized spacial score (nSPS) is 15.5. The van der Waals surface area contributed by atoms with Crippen LogP contribution in [0.25, 0.3) is 0 Å². The molecule has 1 aliphatic carbocycles. The first kappa shape index (κ1) is 9.84. The number of rotatable bonds is 4. The van der Waals surface area contributed by atoms with E-state index in [2.05, 4.69) is 15.9 Å². The minimum atomic E-state index is 0.712. The van der Waals surface area contributed by atoms with Gasteiger partial charge in [-0.05, 0) is 30.5 Å². The van der Waals surface area contributed by atoms with Crippen molar-refractivity contribution in [1.82, 2.24) is 0 Å². The minimum absolute atomic E-state index is 0.712. The molecule has 76 valence electrons. The monoisotopic (exact) mass is 255 g/mol. The maximum Gasteiger partial charge on any atom is 0.143 e. The number of benzene rings is 1. The molecule has 0 atom stereocenters. The van der Waals surface area contributed by atoms with Gasteiger partial charge in [0.15, 0.2) is 0 Å². The first-order valence-electron chi connectivity index (χ1n) is 4.93. The van der Waals surface area contributed by atoms with Gasteiger partial charge in [-0.15, -0.1) is 0 Å². The molecule has 0 aliphatic heterocycles. The summed E-state index contributed by atoms with van der Waals surface area (Å²) in [5, 5.41) is 0. The summed E-state index contributed by atoms with van der Waals surface area (Å²) in [5.74, 6) is 1.70. The number of hydrogen-bond acceptors (Lipinski definition) is 2. The summed E-state index contributed by atoms with van der Waals surface area (Å²) in [7, 11) is 0. The molecule has 0 radical (unpaired) electrons. The number of nitrogens with two attached hydrogens (primary N) is 1. The molecule has 0 bridgehead atoms. The summed E-state index contributed by atoms with van der Waals surface area (Å²) in [6, 6.07) is 5.70. The lowest BCUT2D eigenvalue weighted by Crippen LogP contribution is -2.00. The smallest absolute Gasteiger partial charge is 0.143 e. The van der Waals surface area contributed by atoms with Gasteiger partial charge in [0.05, 0.1) is 12.3 Å². The van der Waals surface area contributed by atoms with Gasteiger partial charge in [0.1, 0.15) is 5.75 Å². The molecule has 1 aliphatic rings. The number of nitrogen functional groups attached to an aromatic ring is 1. The number of ether oxygens (including phenoxy) is 1. The molecule has 1 saturated carbocycles. The Hall–Kier alpha value is -0.700. The standard InChI is InChI=1S/C11H14BrNO/c12-9-3-4-10(13)11(7-9)14-6-5-8-1-2-8/h3-4,7-8H,1-2,5-6,13H2. The fourth-order valence-corrected chi connectivity index (χ4v) is 1.72. The van der Waals surface area contributed by atoms with E-state index in [1.54, 1.807) is 0 Å². The third kappa shape index (κ3) is 2.64. The van der Waals surface area contributed by atoms with E-state index >= 15 is 0 Å². The molecule has 1 aromatic carbocycles. The Morgan fingerprint density at radius 2 is 2.21 bits per heavy atom. The van der Waals surface area contributed by atoms with E-state index in [1.165, 1.54) is 12.8 Å². The highest BCUT2D eigenvalue weighted by Crippen LogP contribution is 2.33. The highest BCUT2D eigenvalue weighted by molar-refractivity contribution is 9.10. The van der Waals surface area contributed by atoms with Gasteiger partial charge in [0, 0.05) is 4.47 Å². The van der Waals surface area contributed by atoms with Crippen LogP contribution < -0.4 is 10.5 Å². The summed E-state index contributed by atoms with van der Waals surface area (Å²) in [4.78, 5) is 0. The Balaban J connectivity index is 1.89. The van der Waals surface area contributed by atoms with Crippen LogP contribution in [0.3, 0.4) is 0 Å². The van der Waals surface area contributed by atoms with Crippen LogP contribution in [0.2, 0.25) is 0 Å².